The Morgan fingerprint density at radius 1 is 1.45 bits per heavy atom. The summed E-state index contributed by atoms with van der Waals surface area (Å²) >= 11 is 1.52. The van der Waals surface area contributed by atoms with Crippen LogP contribution in [0.15, 0.2) is 23.7 Å². The molecule has 0 saturated heterocycles. The first-order chi connectivity index (χ1) is 9.58. The predicted octanol–water partition coefficient (Wildman–Crippen LogP) is 1.87. The molecule has 0 bridgehead atoms. The number of aromatic nitrogens is 1. The number of anilines is 1. The Kier molecular flexibility index (Phi) is 3.45. The summed E-state index contributed by atoms with van der Waals surface area (Å²) in [6.07, 6.45) is 3.84. The second-order valence-corrected chi connectivity index (χ2v) is 6.23. The number of hydrogen-bond acceptors (Lipinski definition) is 5. The quantitative estimate of drug-likeness (QED) is 0.788. The molecule has 3 rings (SSSR count). The summed E-state index contributed by atoms with van der Waals surface area (Å²) in [6, 6.07) is 3.76. The summed E-state index contributed by atoms with van der Waals surface area (Å²) in [7, 11) is 0. The molecule has 0 aromatic carbocycles. The van der Waals surface area contributed by atoms with E-state index in [1.165, 1.54) is 11.3 Å². The van der Waals surface area contributed by atoms with Gasteiger partial charge in [-0.3, -0.25) is 9.78 Å². The van der Waals surface area contributed by atoms with Crippen LogP contribution in [0.1, 0.15) is 25.7 Å². The average Bonchev–Trinajstić information content (AvgIpc) is 2.92. The van der Waals surface area contributed by atoms with E-state index in [-0.39, 0.29) is 11.9 Å². The minimum Gasteiger partial charge on any atom is -0.380 e. The number of amides is 1. The SMILES string of the molecule is NC1CCC(O)(C(=O)Nc2ccnc3ccsc23)CC1. The average molecular weight is 291 g/mol. The highest BCUT2D eigenvalue weighted by Crippen LogP contribution is 2.31. The normalized spacial score (nSPS) is 26.6. The number of rotatable bonds is 2. The number of hydrogen-bond donors (Lipinski definition) is 3. The van der Waals surface area contributed by atoms with Gasteiger partial charge in [0.1, 0.15) is 5.60 Å². The van der Waals surface area contributed by atoms with Crippen molar-refractivity contribution in [2.75, 3.05) is 5.32 Å². The third kappa shape index (κ3) is 2.42. The summed E-state index contributed by atoms with van der Waals surface area (Å²) in [5.41, 5.74) is 6.08. The fraction of sp³-hybridized carbons (Fsp3) is 0.429. The van der Waals surface area contributed by atoms with Crippen LogP contribution in [0, 0.1) is 0 Å². The van der Waals surface area contributed by atoms with Gasteiger partial charge in [-0.2, -0.15) is 0 Å². The molecule has 0 spiro atoms. The summed E-state index contributed by atoms with van der Waals surface area (Å²) in [5, 5.41) is 15.2. The number of thiophene rings is 1. The molecule has 106 valence electrons. The van der Waals surface area contributed by atoms with Gasteiger partial charge in [0.2, 0.25) is 0 Å². The lowest BCUT2D eigenvalue weighted by atomic mass is 9.82. The maximum absolute atomic E-state index is 12.3. The van der Waals surface area contributed by atoms with E-state index < -0.39 is 5.60 Å². The molecule has 0 atom stereocenters. The Hall–Kier alpha value is -1.50. The molecular weight excluding hydrogens is 274 g/mol. The highest BCUT2D eigenvalue weighted by Gasteiger charge is 2.39. The molecule has 5 nitrogen and oxygen atoms in total. The van der Waals surface area contributed by atoms with Crippen molar-refractivity contribution in [3.63, 3.8) is 0 Å². The molecule has 4 N–H and O–H groups in total. The smallest absolute Gasteiger partial charge is 0.256 e. The lowest BCUT2D eigenvalue weighted by Crippen LogP contribution is -2.47. The van der Waals surface area contributed by atoms with Gasteiger partial charge in [-0.25, -0.2) is 0 Å². The van der Waals surface area contributed by atoms with Crippen molar-refractivity contribution in [3.05, 3.63) is 23.7 Å². The lowest BCUT2D eigenvalue weighted by Gasteiger charge is -2.33. The number of carbonyl (C=O) groups excluding carboxylic acids is 1. The van der Waals surface area contributed by atoms with E-state index in [0.29, 0.717) is 31.4 Å². The van der Waals surface area contributed by atoms with Crippen LogP contribution in [-0.4, -0.2) is 27.6 Å². The number of nitrogens with zero attached hydrogens (tertiary/aromatic N) is 1. The summed E-state index contributed by atoms with van der Waals surface area (Å²) < 4.78 is 0.928. The van der Waals surface area contributed by atoms with E-state index in [1.54, 1.807) is 12.3 Å². The molecule has 1 aliphatic carbocycles. The van der Waals surface area contributed by atoms with Crippen LogP contribution in [0.2, 0.25) is 0 Å². The van der Waals surface area contributed by atoms with Crippen molar-refractivity contribution in [2.24, 2.45) is 5.73 Å². The third-order valence-electron chi connectivity index (χ3n) is 3.87. The zero-order valence-corrected chi connectivity index (χ0v) is 11.8. The van der Waals surface area contributed by atoms with E-state index in [4.69, 9.17) is 5.73 Å². The summed E-state index contributed by atoms with van der Waals surface area (Å²) in [4.78, 5) is 16.6. The monoisotopic (exact) mass is 291 g/mol. The van der Waals surface area contributed by atoms with Crippen LogP contribution >= 0.6 is 11.3 Å². The van der Waals surface area contributed by atoms with Crippen LogP contribution in [-0.2, 0) is 4.79 Å². The molecule has 1 saturated carbocycles. The molecule has 1 amide bonds. The molecular formula is C14H17N3O2S. The molecule has 2 aromatic heterocycles. The van der Waals surface area contributed by atoms with Gasteiger partial charge in [-0.1, -0.05) is 0 Å². The highest BCUT2D eigenvalue weighted by atomic mass is 32.1. The number of nitrogens with one attached hydrogen (secondary N) is 1. The van der Waals surface area contributed by atoms with Crippen LogP contribution in [0.4, 0.5) is 5.69 Å². The van der Waals surface area contributed by atoms with Crippen molar-refractivity contribution in [1.82, 2.24) is 4.98 Å². The van der Waals surface area contributed by atoms with Crippen LogP contribution in [0.3, 0.4) is 0 Å². The summed E-state index contributed by atoms with van der Waals surface area (Å²) in [5.74, 6) is -0.342. The topological polar surface area (TPSA) is 88.2 Å². The Bertz CT molecular complexity index is 632. The van der Waals surface area contributed by atoms with E-state index in [1.807, 2.05) is 11.4 Å². The van der Waals surface area contributed by atoms with Crippen LogP contribution in [0.25, 0.3) is 10.2 Å². The van der Waals surface area contributed by atoms with Gasteiger partial charge in [-0.15, -0.1) is 11.3 Å². The molecule has 2 heterocycles. The Labute approximate surface area is 120 Å². The van der Waals surface area contributed by atoms with Crippen LogP contribution < -0.4 is 11.1 Å². The molecule has 6 heteroatoms. The minimum atomic E-state index is -1.30. The first-order valence-corrected chi connectivity index (χ1v) is 7.58. The number of pyridine rings is 1. The first kappa shape index (κ1) is 13.5. The molecule has 1 fully saturated rings. The van der Waals surface area contributed by atoms with Gasteiger partial charge < -0.3 is 16.2 Å². The lowest BCUT2D eigenvalue weighted by molar-refractivity contribution is -0.137. The van der Waals surface area contributed by atoms with Gasteiger partial charge >= 0.3 is 0 Å². The van der Waals surface area contributed by atoms with Gasteiger partial charge in [0, 0.05) is 12.2 Å². The minimum absolute atomic E-state index is 0.0907. The van der Waals surface area contributed by atoms with Crippen LogP contribution in [0.5, 0.6) is 0 Å². The first-order valence-electron chi connectivity index (χ1n) is 6.70. The van der Waals surface area contributed by atoms with Crippen molar-refractivity contribution >= 4 is 33.1 Å². The predicted molar refractivity (Wildman–Crippen MR) is 79.6 cm³/mol. The van der Waals surface area contributed by atoms with Gasteiger partial charge in [0.05, 0.1) is 15.9 Å². The van der Waals surface area contributed by atoms with E-state index in [9.17, 15) is 9.90 Å². The number of fused-ring (bicyclic) bond motifs is 1. The standard InChI is InChI=1S/C14H17N3O2S/c15-9-1-5-14(19,6-2-9)13(18)17-11-3-7-16-10-4-8-20-12(10)11/h3-4,7-9,19H,1-2,5-6,15H2,(H,16,17,18). The zero-order chi connectivity index (χ0) is 14.2. The number of aliphatic hydroxyl groups is 1. The van der Waals surface area contributed by atoms with Crippen molar-refractivity contribution in [1.29, 1.82) is 0 Å². The van der Waals surface area contributed by atoms with Crippen molar-refractivity contribution in [2.45, 2.75) is 37.3 Å². The van der Waals surface area contributed by atoms with Gasteiger partial charge in [-0.05, 0) is 43.2 Å². The van der Waals surface area contributed by atoms with Gasteiger partial charge in [0.25, 0.3) is 5.91 Å². The molecule has 2 aromatic rings. The molecule has 0 radical (unpaired) electrons. The van der Waals surface area contributed by atoms with E-state index in [2.05, 4.69) is 10.3 Å². The Morgan fingerprint density at radius 3 is 2.95 bits per heavy atom. The Morgan fingerprint density at radius 2 is 2.20 bits per heavy atom. The Balaban J connectivity index is 1.80. The second-order valence-electron chi connectivity index (χ2n) is 5.32. The number of carbonyl (C=O) groups is 1. The molecule has 1 aliphatic rings. The maximum Gasteiger partial charge on any atom is 0.256 e. The highest BCUT2D eigenvalue weighted by molar-refractivity contribution is 7.17. The molecule has 0 aliphatic heterocycles. The van der Waals surface area contributed by atoms with Crippen molar-refractivity contribution < 1.29 is 9.90 Å². The zero-order valence-electron chi connectivity index (χ0n) is 11.0. The largest absolute Gasteiger partial charge is 0.380 e. The second kappa shape index (κ2) is 5.12. The fourth-order valence-electron chi connectivity index (χ4n) is 2.56. The third-order valence-corrected chi connectivity index (χ3v) is 4.81. The molecule has 0 unspecified atom stereocenters. The fourth-order valence-corrected chi connectivity index (χ4v) is 3.38. The van der Waals surface area contributed by atoms with Crippen molar-refractivity contribution in [3.8, 4) is 0 Å². The molecule has 20 heavy (non-hydrogen) atoms. The number of nitrogens with two attached hydrogens (primary N) is 1. The summed E-state index contributed by atoms with van der Waals surface area (Å²) in [6.45, 7) is 0. The van der Waals surface area contributed by atoms with E-state index in [0.717, 1.165) is 10.2 Å². The van der Waals surface area contributed by atoms with Gasteiger partial charge in [0.15, 0.2) is 0 Å². The van der Waals surface area contributed by atoms with E-state index >= 15 is 0 Å². The maximum atomic E-state index is 12.3.